The van der Waals surface area contributed by atoms with Crippen LogP contribution in [0, 0.1) is 6.92 Å². The maximum Gasteiger partial charge on any atom is 1.00 e. The predicted octanol–water partition coefficient (Wildman–Crippen LogP) is 3.21. The van der Waals surface area contributed by atoms with Gasteiger partial charge in [0.05, 0.1) is 0 Å². The van der Waals surface area contributed by atoms with Crippen LogP contribution < -0.4 is 29.6 Å². The zero-order valence-electron chi connectivity index (χ0n) is 13.9. The molecule has 19 heavy (non-hydrogen) atoms. The van der Waals surface area contributed by atoms with E-state index in [2.05, 4.69) is 60.7 Å². The van der Waals surface area contributed by atoms with Crippen molar-refractivity contribution in [2.45, 2.75) is 69.1 Å². The van der Waals surface area contributed by atoms with E-state index in [0.717, 1.165) is 3.92 Å². The van der Waals surface area contributed by atoms with E-state index in [4.69, 9.17) is 0 Å². The number of unbranched alkanes of at least 4 members (excludes halogenated alkanes) is 5. The summed E-state index contributed by atoms with van der Waals surface area (Å²) in [5, 5.41) is 0. The van der Waals surface area contributed by atoms with E-state index < -0.39 is 0 Å². The van der Waals surface area contributed by atoms with Crippen molar-refractivity contribution in [3.8, 4) is 0 Å². The van der Waals surface area contributed by atoms with Crippen molar-refractivity contribution in [2.24, 2.45) is 0 Å². The Balaban J connectivity index is 0. The van der Waals surface area contributed by atoms with Crippen LogP contribution in [0.2, 0.25) is 0 Å². The zero-order valence-corrected chi connectivity index (χ0v) is 17.1. The van der Waals surface area contributed by atoms with Crippen molar-refractivity contribution in [3.63, 3.8) is 0 Å². The first-order chi connectivity index (χ1) is 8.74. The van der Waals surface area contributed by atoms with Gasteiger partial charge in [0.15, 0.2) is 0 Å². The van der Waals surface area contributed by atoms with Gasteiger partial charge in [0, 0.05) is 3.92 Å². The fraction of sp³-hybridized carbons (Fsp3) is 0.647. The number of halogens is 1. The molecule has 0 aliphatic heterocycles. The number of benzene rings is 1. The van der Waals surface area contributed by atoms with Crippen LogP contribution in [0.5, 0.6) is 0 Å². The topological polar surface area (TPSA) is 0 Å². The predicted molar refractivity (Wildman–Crippen MR) is 91.8 cm³/mol. The molecule has 1 unspecified atom stereocenters. The number of hydrogen-bond acceptors (Lipinski definition) is 0. The average molecular weight is 382 g/mol. The molecule has 0 heterocycles. The molecule has 0 fully saturated rings. The molecule has 0 aliphatic rings. The van der Waals surface area contributed by atoms with E-state index in [0.29, 0.717) is 0 Å². The van der Waals surface area contributed by atoms with Crippen molar-refractivity contribution >= 4 is 22.6 Å². The first kappa shape index (κ1) is 19.9. The maximum absolute atomic E-state index is 2.63. The van der Waals surface area contributed by atoms with Crippen LogP contribution in [0.15, 0.2) is 24.3 Å². The second-order valence-electron chi connectivity index (χ2n) is 5.28. The van der Waals surface area contributed by atoms with Crippen molar-refractivity contribution in [3.05, 3.63) is 35.4 Å². The van der Waals surface area contributed by atoms with Gasteiger partial charge >= 0.3 is 29.6 Å². The molecule has 2 heteroatoms. The summed E-state index contributed by atoms with van der Waals surface area (Å²) in [7, 11) is 0. The minimum absolute atomic E-state index is 0. The SMILES string of the molecule is CCCCCCCCC(I)Cc1ccccc1C.[H-].[Na+]. The van der Waals surface area contributed by atoms with Crippen LogP contribution >= 0.6 is 22.6 Å². The summed E-state index contributed by atoms with van der Waals surface area (Å²) < 4.78 is 0.801. The van der Waals surface area contributed by atoms with E-state index in [9.17, 15) is 0 Å². The fourth-order valence-electron chi connectivity index (χ4n) is 2.33. The van der Waals surface area contributed by atoms with Gasteiger partial charge in [-0.3, -0.25) is 0 Å². The monoisotopic (exact) mass is 382 g/mol. The van der Waals surface area contributed by atoms with Gasteiger partial charge in [-0.2, -0.15) is 0 Å². The summed E-state index contributed by atoms with van der Waals surface area (Å²) in [6.07, 6.45) is 11.1. The zero-order chi connectivity index (χ0) is 13.2. The van der Waals surface area contributed by atoms with Crippen molar-refractivity contribution < 1.29 is 31.0 Å². The first-order valence-corrected chi connectivity index (χ1v) is 8.67. The first-order valence-electron chi connectivity index (χ1n) is 7.42. The van der Waals surface area contributed by atoms with Gasteiger partial charge in [-0.15, -0.1) is 0 Å². The summed E-state index contributed by atoms with van der Waals surface area (Å²) in [6.45, 7) is 4.51. The largest absolute Gasteiger partial charge is 1.00 e. The molecule has 0 N–H and O–H groups in total. The van der Waals surface area contributed by atoms with Gasteiger partial charge in [0.2, 0.25) is 0 Å². The van der Waals surface area contributed by atoms with Crippen molar-refractivity contribution in [1.29, 1.82) is 0 Å². The van der Waals surface area contributed by atoms with Gasteiger partial charge in [0.1, 0.15) is 0 Å². The number of rotatable bonds is 9. The Hall–Kier alpha value is 0.950. The summed E-state index contributed by atoms with van der Waals surface area (Å²) in [4.78, 5) is 0. The minimum atomic E-state index is 0. The molecule has 0 nitrogen and oxygen atoms in total. The third-order valence-corrected chi connectivity index (χ3v) is 4.64. The molecule has 1 atom stereocenters. The third kappa shape index (κ3) is 9.49. The Labute approximate surface area is 157 Å². The van der Waals surface area contributed by atoms with E-state index in [1.165, 1.54) is 62.5 Å². The van der Waals surface area contributed by atoms with Gasteiger partial charge in [-0.05, 0) is 30.9 Å². The van der Waals surface area contributed by atoms with E-state index in [1.54, 1.807) is 0 Å². The van der Waals surface area contributed by atoms with E-state index in [-0.39, 0.29) is 31.0 Å². The Morgan fingerprint density at radius 3 is 2.37 bits per heavy atom. The number of alkyl halides is 1. The minimum Gasteiger partial charge on any atom is -1.00 e. The summed E-state index contributed by atoms with van der Waals surface area (Å²) in [6, 6.07) is 8.80. The second kappa shape index (κ2) is 12.7. The Morgan fingerprint density at radius 2 is 1.68 bits per heavy atom. The van der Waals surface area contributed by atoms with E-state index >= 15 is 0 Å². The molecule has 0 saturated heterocycles. The fourth-order valence-corrected chi connectivity index (χ4v) is 3.24. The molecule has 0 bridgehead atoms. The molecule has 0 amide bonds. The van der Waals surface area contributed by atoms with Gasteiger partial charge in [-0.1, -0.05) is 92.3 Å². The molecule has 1 aromatic rings. The van der Waals surface area contributed by atoms with Crippen LogP contribution in [-0.2, 0) is 6.42 Å². The molecule has 1 rings (SSSR count). The van der Waals surface area contributed by atoms with E-state index in [1.807, 2.05) is 0 Å². The molecular weight excluding hydrogens is 354 g/mol. The Kier molecular flexibility index (Phi) is 13.3. The summed E-state index contributed by atoms with van der Waals surface area (Å²) >= 11 is 2.63. The van der Waals surface area contributed by atoms with Gasteiger partial charge < -0.3 is 1.43 Å². The van der Waals surface area contributed by atoms with Crippen LogP contribution in [0.25, 0.3) is 0 Å². The Bertz CT molecular complexity index is 331. The second-order valence-corrected chi connectivity index (χ2v) is 7.05. The van der Waals surface area contributed by atoms with Gasteiger partial charge in [0.25, 0.3) is 0 Å². The quantitative estimate of drug-likeness (QED) is 0.266. The molecular formula is C17H28INa. The Morgan fingerprint density at radius 1 is 1.05 bits per heavy atom. The molecule has 0 aliphatic carbocycles. The van der Waals surface area contributed by atoms with Crippen molar-refractivity contribution in [1.82, 2.24) is 0 Å². The number of aryl methyl sites for hydroxylation is 1. The third-order valence-electron chi connectivity index (χ3n) is 3.57. The average Bonchev–Trinajstić information content (AvgIpc) is 2.36. The van der Waals surface area contributed by atoms with Crippen LogP contribution in [-0.4, -0.2) is 3.92 Å². The van der Waals surface area contributed by atoms with Crippen LogP contribution in [0.1, 0.15) is 64.4 Å². The van der Waals surface area contributed by atoms with Crippen LogP contribution in [0.4, 0.5) is 0 Å². The van der Waals surface area contributed by atoms with Gasteiger partial charge in [-0.25, -0.2) is 0 Å². The molecule has 0 aromatic heterocycles. The van der Waals surface area contributed by atoms with Crippen molar-refractivity contribution in [2.75, 3.05) is 0 Å². The summed E-state index contributed by atoms with van der Waals surface area (Å²) in [5.74, 6) is 0. The maximum atomic E-state index is 2.63. The number of hydrogen-bond donors (Lipinski definition) is 0. The molecule has 0 spiro atoms. The molecule has 0 radical (unpaired) electrons. The molecule has 0 saturated carbocycles. The summed E-state index contributed by atoms with van der Waals surface area (Å²) in [5.41, 5.74) is 2.98. The van der Waals surface area contributed by atoms with Crippen LogP contribution in [0.3, 0.4) is 0 Å². The smallest absolute Gasteiger partial charge is 1.00 e. The molecule has 104 valence electrons. The normalized spacial score (nSPS) is 11.9. The molecule has 1 aromatic carbocycles. The standard InChI is InChI=1S/C17H27I.Na.H/c1-3-4-5-6-7-8-13-17(18)14-16-12-10-9-11-15(16)2;;/h9-12,17H,3-8,13-14H2,1-2H3;;/q;+1;-1.